The van der Waals surface area contributed by atoms with Gasteiger partial charge in [-0.15, -0.1) is 5.10 Å². The third-order valence-corrected chi connectivity index (χ3v) is 9.78. The molecule has 5 rings (SSSR count). The first kappa shape index (κ1) is 30.5. The van der Waals surface area contributed by atoms with E-state index < -0.39 is 10.0 Å². The molecule has 0 bridgehead atoms. The Kier molecular flexibility index (Phi) is 9.55. The van der Waals surface area contributed by atoms with Crippen molar-refractivity contribution in [1.29, 1.82) is 0 Å². The average Bonchev–Trinajstić information content (AvgIpc) is 3.36. The summed E-state index contributed by atoms with van der Waals surface area (Å²) >= 11 is 3.50. The van der Waals surface area contributed by atoms with Crippen LogP contribution in [-0.4, -0.2) is 88.9 Å². The summed E-state index contributed by atoms with van der Waals surface area (Å²) in [6, 6.07) is 11.6. The Balaban J connectivity index is 1.25. The minimum absolute atomic E-state index is 0.0772. The molecule has 0 radical (unpaired) electrons. The van der Waals surface area contributed by atoms with E-state index in [0.717, 1.165) is 48.0 Å². The number of carbonyl (C=O) groups excluding carboxylic acids is 1. The van der Waals surface area contributed by atoms with Crippen LogP contribution in [0.25, 0.3) is 11.4 Å². The van der Waals surface area contributed by atoms with Gasteiger partial charge in [-0.2, -0.15) is 0 Å². The molecule has 2 aliphatic rings. The van der Waals surface area contributed by atoms with Crippen molar-refractivity contribution in [2.75, 3.05) is 44.3 Å². The zero-order chi connectivity index (χ0) is 29.9. The number of aromatic nitrogens is 4. The van der Waals surface area contributed by atoms with E-state index in [-0.39, 0.29) is 23.8 Å². The van der Waals surface area contributed by atoms with E-state index in [1.54, 1.807) is 23.9 Å². The summed E-state index contributed by atoms with van der Waals surface area (Å²) < 4.78 is 42.0. The maximum atomic E-state index is 13.4. The van der Waals surface area contributed by atoms with Crippen LogP contribution in [0.5, 0.6) is 0 Å². The van der Waals surface area contributed by atoms with Crippen molar-refractivity contribution in [2.24, 2.45) is 18.9 Å². The summed E-state index contributed by atoms with van der Waals surface area (Å²) in [7, 11) is -1.61. The second kappa shape index (κ2) is 13.1. The van der Waals surface area contributed by atoms with E-state index in [0.29, 0.717) is 43.5 Å². The molecule has 3 atom stereocenters. The highest BCUT2D eigenvalue weighted by Gasteiger charge is 2.36. The Hall–Kier alpha value is -2.94. The maximum absolute atomic E-state index is 13.4. The lowest BCUT2D eigenvalue weighted by atomic mass is 9.88. The Morgan fingerprint density at radius 3 is 2.62 bits per heavy atom. The standard InChI is InChI=1S/C28H36BrFN8O3S/c1-36-27(33-34-35-36)21-13-23(29)15-25(14-21)31-28(39)32-26-9-11-38(42(2,40)41)18-22(26)17-37-10-3-4-20(16-37)12-19-5-7-24(30)8-6-19/h5-8,13-15,20,22,26H,3-4,9-12,16-18H2,1-2H3,(H2,31,32,39)/t20-,22+,26+/m0/s1. The molecule has 0 unspecified atom stereocenters. The van der Waals surface area contributed by atoms with E-state index in [9.17, 15) is 17.6 Å². The van der Waals surface area contributed by atoms with Gasteiger partial charge in [-0.05, 0) is 84.5 Å². The molecule has 3 aromatic rings. The minimum Gasteiger partial charge on any atom is -0.335 e. The van der Waals surface area contributed by atoms with Gasteiger partial charge in [0, 0.05) is 60.9 Å². The molecule has 11 nitrogen and oxygen atoms in total. The molecule has 226 valence electrons. The SMILES string of the molecule is Cn1nnnc1-c1cc(Br)cc(NC(=O)N[C@@H]2CCN(S(C)(=O)=O)C[C@H]2CN2CCC[C@@H](Cc3ccc(F)cc3)C2)c1. The lowest BCUT2D eigenvalue weighted by molar-refractivity contribution is 0.111. The smallest absolute Gasteiger partial charge is 0.319 e. The lowest BCUT2D eigenvalue weighted by Crippen LogP contribution is -2.56. The lowest BCUT2D eigenvalue weighted by Gasteiger charge is -2.42. The monoisotopic (exact) mass is 662 g/mol. The number of nitrogens with one attached hydrogen (secondary N) is 2. The number of piperidine rings is 2. The van der Waals surface area contributed by atoms with E-state index in [1.807, 2.05) is 18.2 Å². The largest absolute Gasteiger partial charge is 0.335 e. The van der Waals surface area contributed by atoms with Crippen molar-refractivity contribution in [3.05, 3.63) is 58.3 Å². The summed E-state index contributed by atoms with van der Waals surface area (Å²) in [5.74, 6) is 0.685. The van der Waals surface area contributed by atoms with E-state index in [2.05, 4.69) is 47.0 Å². The van der Waals surface area contributed by atoms with Gasteiger partial charge in [0.2, 0.25) is 10.0 Å². The number of amides is 2. The fraction of sp³-hybridized carbons (Fsp3) is 0.500. The molecule has 0 saturated carbocycles. The Labute approximate surface area is 254 Å². The van der Waals surface area contributed by atoms with Crippen LogP contribution in [-0.2, 0) is 23.5 Å². The van der Waals surface area contributed by atoms with Gasteiger partial charge in [0.15, 0.2) is 5.82 Å². The van der Waals surface area contributed by atoms with Crippen molar-refractivity contribution >= 4 is 37.7 Å². The number of likely N-dealkylation sites (tertiary alicyclic amines) is 1. The van der Waals surface area contributed by atoms with Crippen molar-refractivity contribution in [2.45, 2.75) is 31.7 Å². The van der Waals surface area contributed by atoms with E-state index in [4.69, 9.17) is 0 Å². The van der Waals surface area contributed by atoms with E-state index >= 15 is 0 Å². The Morgan fingerprint density at radius 1 is 1.12 bits per heavy atom. The number of benzene rings is 2. The molecule has 14 heteroatoms. The second-order valence-electron chi connectivity index (χ2n) is 11.3. The number of hydrogen-bond donors (Lipinski definition) is 2. The number of carbonyl (C=O) groups is 1. The third-order valence-electron chi connectivity index (χ3n) is 8.05. The summed E-state index contributed by atoms with van der Waals surface area (Å²) in [4.78, 5) is 15.6. The molecule has 2 aliphatic heterocycles. The molecule has 2 N–H and O–H groups in total. The molecule has 2 saturated heterocycles. The fourth-order valence-corrected chi connectivity index (χ4v) is 7.44. The van der Waals surface area contributed by atoms with Crippen LogP contribution in [0, 0.1) is 17.7 Å². The highest BCUT2D eigenvalue weighted by molar-refractivity contribution is 9.10. The van der Waals surface area contributed by atoms with Crippen LogP contribution in [0.2, 0.25) is 0 Å². The third kappa shape index (κ3) is 7.91. The number of aryl methyl sites for hydroxylation is 1. The molecule has 0 spiro atoms. The molecule has 2 amide bonds. The number of nitrogens with zero attached hydrogens (tertiary/aromatic N) is 6. The number of halogens is 2. The number of anilines is 1. The quantitative estimate of drug-likeness (QED) is 0.378. The summed E-state index contributed by atoms with van der Waals surface area (Å²) in [6.07, 6.45) is 4.77. The van der Waals surface area contributed by atoms with Gasteiger partial charge in [-0.25, -0.2) is 26.6 Å². The van der Waals surface area contributed by atoms with Crippen LogP contribution in [0.4, 0.5) is 14.9 Å². The molecule has 3 heterocycles. The zero-order valence-electron chi connectivity index (χ0n) is 23.7. The van der Waals surface area contributed by atoms with Crippen molar-refractivity contribution in [1.82, 2.24) is 34.7 Å². The predicted octanol–water partition coefficient (Wildman–Crippen LogP) is 3.51. The average molecular weight is 664 g/mol. The van der Waals surface area contributed by atoms with Gasteiger partial charge < -0.3 is 15.5 Å². The fourth-order valence-electron chi connectivity index (χ4n) is 6.04. The molecule has 42 heavy (non-hydrogen) atoms. The molecule has 1 aromatic heterocycles. The number of tetrazole rings is 1. The van der Waals surface area contributed by atoms with Crippen molar-refractivity contribution in [3.8, 4) is 11.4 Å². The van der Waals surface area contributed by atoms with Crippen LogP contribution in [0.1, 0.15) is 24.8 Å². The zero-order valence-corrected chi connectivity index (χ0v) is 26.1. The second-order valence-corrected chi connectivity index (χ2v) is 14.2. The minimum atomic E-state index is -3.36. The number of hydrogen-bond acceptors (Lipinski definition) is 7. The highest BCUT2D eigenvalue weighted by Crippen LogP contribution is 2.28. The summed E-state index contributed by atoms with van der Waals surface area (Å²) in [5, 5.41) is 17.7. The number of sulfonamides is 1. The van der Waals surface area contributed by atoms with Gasteiger partial charge in [-0.3, -0.25) is 0 Å². The first-order chi connectivity index (χ1) is 20.0. The van der Waals surface area contributed by atoms with Crippen molar-refractivity contribution < 1.29 is 17.6 Å². The first-order valence-electron chi connectivity index (χ1n) is 14.1. The predicted molar refractivity (Wildman–Crippen MR) is 162 cm³/mol. The van der Waals surface area contributed by atoms with Gasteiger partial charge >= 0.3 is 6.03 Å². The Bertz CT molecular complexity index is 1500. The Morgan fingerprint density at radius 2 is 1.90 bits per heavy atom. The van der Waals surface area contributed by atoms with Crippen LogP contribution < -0.4 is 10.6 Å². The number of urea groups is 1. The molecule has 0 aliphatic carbocycles. The van der Waals surface area contributed by atoms with Crippen LogP contribution in [0.15, 0.2) is 46.9 Å². The van der Waals surface area contributed by atoms with Crippen molar-refractivity contribution in [3.63, 3.8) is 0 Å². The van der Waals surface area contributed by atoms with Gasteiger partial charge in [-0.1, -0.05) is 28.1 Å². The highest BCUT2D eigenvalue weighted by atomic mass is 79.9. The first-order valence-corrected chi connectivity index (χ1v) is 16.7. The van der Waals surface area contributed by atoms with E-state index in [1.165, 1.54) is 22.7 Å². The molecule has 2 fully saturated rings. The maximum Gasteiger partial charge on any atom is 0.319 e. The molecular formula is C28H36BrFN8O3S. The normalized spacial score (nSPS) is 22.1. The number of rotatable bonds is 8. The van der Waals surface area contributed by atoms with Gasteiger partial charge in [0.05, 0.1) is 6.26 Å². The summed E-state index contributed by atoms with van der Waals surface area (Å²) in [6.45, 7) is 3.18. The molecule has 2 aromatic carbocycles. The molecular weight excluding hydrogens is 627 g/mol. The van der Waals surface area contributed by atoms with Gasteiger partial charge in [0.1, 0.15) is 5.82 Å². The van der Waals surface area contributed by atoms with Crippen LogP contribution >= 0.6 is 15.9 Å². The van der Waals surface area contributed by atoms with Crippen LogP contribution in [0.3, 0.4) is 0 Å². The summed E-state index contributed by atoms with van der Waals surface area (Å²) in [5.41, 5.74) is 2.43. The van der Waals surface area contributed by atoms with Gasteiger partial charge in [0.25, 0.3) is 0 Å². The topological polar surface area (TPSA) is 125 Å².